The van der Waals surface area contributed by atoms with Crippen LogP contribution in [0.15, 0.2) is 23.1 Å². The lowest BCUT2D eigenvalue weighted by atomic mass is 10.0. The summed E-state index contributed by atoms with van der Waals surface area (Å²) in [5.41, 5.74) is 0.647. The van der Waals surface area contributed by atoms with Gasteiger partial charge in [0.25, 0.3) is 0 Å². The van der Waals surface area contributed by atoms with Crippen LogP contribution >= 0.6 is 0 Å². The molecular weight excluding hydrogens is 294 g/mol. The minimum Gasteiger partial charge on any atom is -0.480 e. The van der Waals surface area contributed by atoms with Crippen molar-refractivity contribution in [3.63, 3.8) is 0 Å². The molecule has 0 saturated carbocycles. The third-order valence-electron chi connectivity index (χ3n) is 4.14. The Balaban J connectivity index is 1.92. The number of carboxylic acid groups (broad SMARTS) is 1. The van der Waals surface area contributed by atoms with Crippen molar-refractivity contribution < 1.29 is 23.1 Å². The van der Waals surface area contributed by atoms with E-state index < -0.39 is 21.5 Å². The van der Waals surface area contributed by atoms with Crippen LogP contribution in [-0.2, 0) is 32.4 Å². The molecule has 1 unspecified atom stereocenters. The summed E-state index contributed by atoms with van der Waals surface area (Å²) < 4.78 is 32.3. The first-order chi connectivity index (χ1) is 9.93. The number of rotatable bonds is 4. The molecule has 2 N–H and O–H groups in total. The Morgan fingerprint density at radius 1 is 1.29 bits per heavy atom. The van der Waals surface area contributed by atoms with Crippen LogP contribution in [0.5, 0.6) is 0 Å². The molecule has 2 aliphatic rings. The van der Waals surface area contributed by atoms with E-state index in [4.69, 9.17) is 4.74 Å². The van der Waals surface area contributed by atoms with Crippen LogP contribution in [0.4, 0.5) is 0 Å². The lowest BCUT2D eigenvalue weighted by Gasteiger charge is -2.23. The lowest BCUT2D eigenvalue weighted by Crippen LogP contribution is -2.54. The second kappa shape index (κ2) is 5.08. The van der Waals surface area contributed by atoms with E-state index in [2.05, 4.69) is 4.72 Å². The number of carbonyl (C=O) groups is 1. The van der Waals surface area contributed by atoms with Crippen molar-refractivity contribution >= 4 is 16.0 Å². The Bertz CT molecular complexity index is 677. The molecule has 1 aromatic carbocycles. The van der Waals surface area contributed by atoms with E-state index in [0.29, 0.717) is 0 Å². The Morgan fingerprint density at radius 3 is 2.71 bits per heavy atom. The van der Waals surface area contributed by atoms with Crippen molar-refractivity contribution in [2.75, 3.05) is 13.2 Å². The van der Waals surface area contributed by atoms with Crippen molar-refractivity contribution in [2.24, 2.45) is 0 Å². The van der Waals surface area contributed by atoms with Gasteiger partial charge in [0, 0.05) is 13.0 Å². The first-order valence-corrected chi connectivity index (χ1v) is 8.38. The molecule has 0 spiro atoms. The summed E-state index contributed by atoms with van der Waals surface area (Å²) in [5, 5.41) is 9.32. The van der Waals surface area contributed by atoms with E-state index in [1.165, 1.54) is 11.6 Å². The zero-order valence-electron chi connectivity index (χ0n) is 11.5. The van der Waals surface area contributed by atoms with E-state index in [1.807, 2.05) is 6.07 Å². The molecule has 1 aliphatic carbocycles. The van der Waals surface area contributed by atoms with Gasteiger partial charge in [-0.05, 0) is 42.5 Å². The summed E-state index contributed by atoms with van der Waals surface area (Å²) in [7, 11) is -3.88. The summed E-state index contributed by atoms with van der Waals surface area (Å²) in [6.07, 6.45) is 2.99. The quantitative estimate of drug-likeness (QED) is 0.854. The standard InChI is InChI=1S/C14H17NO5S/c16-13(17)14(6-7-20-9-14)15-21(18,19)12-5-4-10-2-1-3-11(10)8-12/h4-5,8,15H,1-3,6-7,9H2,(H,16,17). The van der Waals surface area contributed by atoms with Crippen molar-refractivity contribution in [1.29, 1.82) is 0 Å². The maximum absolute atomic E-state index is 12.5. The highest BCUT2D eigenvalue weighted by Crippen LogP contribution is 2.27. The minimum absolute atomic E-state index is 0.121. The van der Waals surface area contributed by atoms with Gasteiger partial charge >= 0.3 is 5.97 Å². The highest BCUT2D eigenvalue weighted by Gasteiger charge is 2.46. The Morgan fingerprint density at radius 2 is 2.05 bits per heavy atom. The van der Waals surface area contributed by atoms with E-state index in [1.54, 1.807) is 6.07 Å². The van der Waals surface area contributed by atoms with E-state index >= 15 is 0 Å². The average Bonchev–Trinajstić information content (AvgIpc) is 3.06. The van der Waals surface area contributed by atoms with Gasteiger partial charge in [-0.15, -0.1) is 0 Å². The number of benzene rings is 1. The van der Waals surface area contributed by atoms with E-state index in [0.717, 1.165) is 24.8 Å². The molecular formula is C14H17NO5S. The Labute approximate surface area is 123 Å². The van der Waals surface area contributed by atoms with Gasteiger partial charge in [-0.3, -0.25) is 4.79 Å². The molecule has 6 nitrogen and oxygen atoms in total. The Hall–Kier alpha value is -1.44. The first-order valence-electron chi connectivity index (χ1n) is 6.90. The molecule has 1 aromatic rings. The van der Waals surface area contributed by atoms with Crippen LogP contribution in [0.25, 0.3) is 0 Å². The number of aryl methyl sites for hydroxylation is 2. The third-order valence-corrected chi connectivity index (χ3v) is 5.68. The number of nitrogens with one attached hydrogen (secondary N) is 1. The number of sulfonamides is 1. The highest BCUT2D eigenvalue weighted by molar-refractivity contribution is 7.89. The average molecular weight is 311 g/mol. The summed E-state index contributed by atoms with van der Waals surface area (Å²) in [5.74, 6) is -1.20. The van der Waals surface area contributed by atoms with Gasteiger partial charge in [-0.1, -0.05) is 6.07 Å². The monoisotopic (exact) mass is 311 g/mol. The number of carboxylic acids is 1. The molecule has 3 rings (SSSR count). The molecule has 1 fully saturated rings. The SMILES string of the molecule is O=C(O)C1(NS(=O)(=O)c2ccc3c(c2)CCC3)CCOC1. The normalized spacial score (nSPS) is 25.0. The molecule has 1 atom stereocenters. The number of aliphatic carboxylic acids is 1. The fourth-order valence-electron chi connectivity index (χ4n) is 2.89. The number of hydrogen-bond donors (Lipinski definition) is 2. The van der Waals surface area contributed by atoms with E-state index in [-0.39, 0.29) is 24.5 Å². The Kier molecular flexibility index (Phi) is 3.51. The van der Waals surface area contributed by atoms with E-state index in [9.17, 15) is 18.3 Å². The van der Waals surface area contributed by atoms with Crippen molar-refractivity contribution in [2.45, 2.75) is 36.1 Å². The van der Waals surface area contributed by atoms with Crippen LogP contribution in [0.3, 0.4) is 0 Å². The zero-order valence-corrected chi connectivity index (χ0v) is 12.3. The molecule has 21 heavy (non-hydrogen) atoms. The van der Waals surface area contributed by atoms with Crippen LogP contribution < -0.4 is 4.72 Å². The molecule has 0 radical (unpaired) electrons. The van der Waals surface area contributed by atoms with Gasteiger partial charge in [-0.25, -0.2) is 8.42 Å². The molecule has 114 valence electrons. The molecule has 0 aromatic heterocycles. The lowest BCUT2D eigenvalue weighted by molar-refractivity contribution is -0.144. The molecule has 1 heterocycles. The number of fused-ring (bicyclic) bond motifs is 1. The molecule has 7 heteroatoms. The second-order valence-corrected chi connectivity index (χ2v) is 7.26. The van der Waals surface area contributed by atoms with Gasteiger partial charge in [0.2, 0.25) is 10.0 Å². The second-order valence-electron chi connectivity index (χ2n) is 5.58. The third kappa shape index (κ3) is 2.56. The summed E-state index contributed by atoms with van der Waals surface area (Å²) in [6, 6.07) is 5.00. The van der Waals surface area contributed by atoms with Gasteiger partial charge in [-0.2, -0.15) is 4.72 Å². The predicted molar refractivity (Wildman–Crippen MR) is 74.6 cm³/mol. The largest absolute Gasteiger partial charge is 0.480 e. The molecule has 1 saturated heterocycles. The fourth-order valence-corrected chi connectivity index (χ4v) is 4.31. The molecule has 0 amide bonds. The topological polar surface area (TPSA) is 92.7 Å². The molecule has 1 aliphatic heterocycles. The smallest absolute Gasteiger partial charge is 0.327 e. The van der Waals surface area contributed by atoms with Crippen LogP contribution in [0.2, 0.25) is 0 Å². The van der Waals surface area contributed by atoms with Gasteiger partial charge in [0.1, 0.15) is 0 Å². The number of hydrogen-bond acceptors (Lipinski definition) is 4. The van der Waals surface area contributed by atoms with Crippen LogP contribution in [0.1, 0.15) is 24.0 Å². The zero-order chi connectivity index (χ0) is 15.1. The van der Waals surface area contributed by atoms with Gasteiger partial charge in [0.05, 0.1) is 11.5 Å². The maximum Gasteiger partial charge on any atom is 0.327 e. The van der Waals surface area contributed by atoms with Crippen molar-refractivity contribution in [1.82, 2.24) is 4.72 Å². The first kappa shape index (κ1) is 14.5. The van der Waals surface area contributed by atoms with Crippen molar-refractivity contribution in [3.05, 3.63) is 29.3 Å². The van der Waals surface area contributed by atoms with Gasteiger partial charge in [0.15, 0.2) is 5.54 Å². The maximum atomic E-state index is 12.5. The van der Waals surface area contributed by atoms with Crippen LogP contribution in [-0.4, -0.2) is 38.2 Å². The minimum atomic E-state index is -3.88. The van der Waals surface area contributed by atoms with Crippen LogP contribution in [0, 0.1) is 0 Å². The summed E-state index contributed by atoms with van der Waals surface area (Å²) >= 11 is 0. The van der Waals surface area contributed by atoms with Gasteiger partial charge < -0.3 is 9.84 Å². The number of ether oxygens (including phenoxy) is 1. The summed E-state index contributed by atoms with van der Waals surface area (Å²) in [6.45, 7) is 0.0888. The highest BCUT2D eigenvalue weighted by atomic mass is 32.2. The van der Waals surface area contributed by atoms with Crippen molar-refractivity contribution in [3.8, 4) is 0 Å². The summed E-state index contributed by atoms with van der Waals surface area (Å²) in [4.78, 5) is 11.5. The molecule has 0 bridgehead atoms. The predicted octanol–water partition coefficient (Wildman–Crippen LogP) is 0.697. The fraction of sp³-hybridized carbons (Fsp3) is 0.500.